The molecule has 9 heteroatoms. The van der Waals surface area contributed by atoms with Gasteiger partial charge >= 0.3 is 6.18 Å². The summed E-state index contributed by atoms with van der Waals surface area (Å²) in [5.74, 6) is -1.12. The quantitative estimate of drug-likeness (QED) is 0.869. The van der Waals surface area contributed by atoms with E-state index in [1.54, 1.807) is 0 Å². The van der Waals surface area contributed by atoms with E-state index >= 15 is 0 Å². The summed E-state index contributed by atoms with van der Waals surface area (Å²) in [5.41, 5.74) is 5.67. The van der Waals surface area contributed by atoms with E-state index in [-0.39, 0.29) is 10.4 Å². The molecule has 0 bridgehead atoms. The minimum absolute atomic E-state index is 0.0945. The van der Waals surface area contributed by atoms with Gasteiger partial charge in [-0.05, 0) is 5.41 Å². The van der Waals surface area contributed by atoms with Crippen LogP contribution >= 0.6 is 11.3 Å². The van der Waals surface area contributed by atoms with Gasteiger partial charge in [0.1, 0.15) is 5.01 Å². The Morgan fingerprint density at radius 1 is 1.22 bits per heavy atom. The smallest absolute Gasteiger partial charge is 0.321 e. The predicted octanol–water partition coefficient (Wildman–Crippen LogP) is 2.25. The molecular weight excluding hydrogens is 267 g/mol. The van der Waals surface area contributed by atoms with Gasteiger partial charge in [0, 0.05) is 0 Å². The van der Waals surface area contributed by atoms with E-state index in [4.69, 9.17) is 5.73 Å². The highest BCUT2D eigenvalue weighted by Crippen LogP contribution is 2.34. The zero-order valence-corrected chi connectivity index (χ0v) is 10.8. The van der Waals surface area contributed by atoms with Gasteiger partial charge in [-0.2, -0.15) is 22.8 Å². The van der Waals surface area contributed by atoms with Crippen LogP contribution in [0.2, 0.25) is 0 Å². The van der Waals surface area contributed by atoms with E-state index in [2.05, 4.69) is 15.3 Å². The van der Waals surface area contributed by atoms with Gasteiger partial charge in [-0.25, -0.2) is 0 Å². The van der Waals surface area contributed by atoms with Crippen molar-refractivity contribution in [1.82, 2.24) is 19.8 Å². The maximum absolute atomic E-state index is 12.6. The van der Waals surface area contributed by atoms with Crippen LogP contribution in [0.25, 0.3) is 4.96 Å². The van der Waals surface area contributed by atoms with E-state index in [0.717, 1.165) is 11.3 Å². The summed E-state index contributed by atoms with van der Waals surface area (Å²) in [6, 6.07) is -0.453. The largest absolute Gasteiger partial charge is 0.453 e. The summed E-state index contributed by atoms with van der Waals surface area (Å²) in [6.45, 7) is 5.68. The lowest BCUT2D eigenvalue weighted by Crippen LogP contribution is -2.26. The molecule has 0 amide bonds. The maximum atomic E-state index is 12.6. The van der Waals surface area contributed by atoms with Gasteiger partial charge in [0.05, 0.1) is 6.04 Å². The molecule has 18 heavy (non-hydrogen) atoms. The van der Waals surface area contributed by atoms with E-state index in [0.29, 0.717) is 9.52 Å². The van der Waals surface area contributed by atoms with Gasteiger partial charge in [0.25, 0.3) is 5.82 Å². The van der Waals surface area contributed by atoms with Crippen molar-refractivity contribution < 1.29 is 13.2 Å². The number of alkyl halides is 3. The first-order valence-electron chi connectivity index (χ1n) is 5.15. The van der Waals surface area contributed by atoms with Crippen LogP contribution in [0.1, 0.15) is 37.6 Å². The first-order chi connectivity index (χ1) is 8.10. The number of aromatic nitrogens is 4. The molecule has 2 rings (SSSR count). The highest BCUT2D eigenvalue weighted by atomic mass is 32.1. The molecule has 0 fully saturated rings. The number of nitrogens with zero attached hydrogens (tertiary/aromatic N) is 4. The van der Waals surface area contributed by atoms with Crippen LogP contribution in [0.3, 0.4) is 0 Å². The van der Waals surface area contributed by atoms with Crippen molar-refractivity contribution in [2.24, 2.45) is 11.1 Å². The highest BCUT2D eigenvalue weighted by Gasteiger charge is 2.39. The Hall–Kier alpha value is -1.22. The molecule has 0 saturated heterocycles. The molecule has 0 spiro atoms. The monoisotopic (exact) mass is 279 g/mol. The number of rotatable bonds is 1. The van der Waals surface area contributed by atoms with Crippen LogP contribution < -0.4 is 5.73 Å². The maximum Gasteiger partial charge on any atom is 0.453 e. The third-order valence-electron chi connectivity index (χ3n) is 2.46. The lowest BCUT2D eigenvalue weighted by molar-refractivity contribution is -0.146. The fourth-order valence-electron chi connectivity index (χ4n) is 1.30. The van der Waals surface area contributed by atoms with E-state index in [9.17, 15) is 13.2 Å². The second-order valence-corrected chi connectivity index (χ2v) is 5.99. The summed E-state index contributed by atoms with van der Waals surface area (Å²) < 4.78 is 38.5. The summed E-state index contributed by atoms with van der Waals surface area (Å²) in [5, 5.41) is 10.8. The van der Waals surface area contributed by atoms with E-state index in [1.807, 2.05) is 20.8 Å². The average molecular weight is 279 g/mol. The molecule has 1 unspecified atom stereocenters. The topological polar surface area (TPSA) is 69.1 Å². The van der Waals surface area contributed by atoms with Crippen LogP contribution in [0.15, 0.2) is 0 Å². The molecule has 0 radical (unpaired) electrons. The number of nitrogens with two attached hydrogens (primary N) is 1. The molecule has 0 aliphatic rings. The van der Waals surface area contributed by atoms with Crippen molar-refractivity contribution in [3.8, 4) is 0 Å². The van der Waals surface area contributed by atoms with Crippen LogP contribution in [0.4, 0.5) is 13.2 Å². The minimum atomic E-state index is -4.57. The van der Waals surface area contributed by atoms with Crippen molar-refractivity contribution in [2.75, 3.05) is 0 Å². The fourth-order valence-corrected chi connectivity index (χ4v) is 2.39. The molecule has 0 aliphatic heterocycles. The highest BCUT2D eigenvalue weighted by molar-refractivity contribution is 7.16. The number of hydrogen-bond acceptors (Lipinski definition) is 5. The van der Waals surface area contributed by atoms with Crippen LogP contribution in [0, 0.1) is 5.41 Å². The van der Waals surface area contributed by atoms with Gasteiger partial charge < -0.3 is 5.73 Å². The van der Waals surface area contributed by atoms with Gasteiger partial charge in [-0.15, -0.1) is 10.2 Å². The molecule has 1 atom stereocenters. The first kappa shape index (κ1) is 13.2. The van der Waals surface area contributed by atoms with Gasteiger partial charge in [0.15, 0.2) is 0 Å². The van der Waals surface area contributed by atoms with Crippen molar-refractivity contribution >= 4 is 16.3 Å². The first-order valence-corrected chi connectivity index (χ1v) is 5.97. The minimum Gasteiger partial charge on any atom is -0.321 e. The lowest BCUT2D eigenvalue weighted by atomic mass is 9.88. The molecule has 0 saturated carbocycles. The average Bonchev–Trinajstić information content (AvgIpc) is 2.70. The van der Waals surface area contributed by atoms with E-state index < -0.39 is 18.0 Å². The predicted molar refractivity (Wildman–Crippen MR) is 60.0 cm³/mol. The Balaban J connectivity index is 2.49. The molecule has 2 aromatic rings. The second kappa shape index (κ2) is 3.89. The Labute approximate surface area is 105 Å². The van der Waals surface area contributed by atoms with Gasteiger partial charge in [0.2, 0.25) is 4.96 Å². The molecule has 2 heterocycles. The van der Waals surface area contributed by atoms with Gasteiger partial charge in [-0.3, -0.25) is 0 Å². The standard InChI is InChI=1S/C9H12F3N5S/c1-8(2,3)4(13)5-16-17-6(9(10,11)12)14-15-7(17)18-5/h4H,13H2,1-3H3. The van der Waals surface area contributed by atoms with Crippen LogP contribution in [-0.4, -0.2) is 19.8 Å². The zero-order valence-electron chi connectivity index (χ0n) is 9.99. The van der Waals surface area contributed by atoms with Crippen LogP contribution in [0.5, 0.6) is 0 Å². The van der Waals surface area contributed by atoms with Crippen molar-refractivity contribution in [3.05, 3.63) is 10.8 Å². The number of hydrogen-bond donors (Lipinski definition) is 1. The van der Waals surface area contributed by atoms with E-state index in [1.165, 1.54) is 0 Å². The molecule has 5 nitrogen and oxygen atoms in total. The van der Waals surface area contributed by atoms with Crippen molar-refractivity contribution in [2.45, 2.75) is 33.0 Å². The lowest BCUT2D eigenvalue weighted by Gasteiger charge is -2.24. The zero-order chi connectivity index (χ0) is 13.7. The molecule has 100 valence electrons. The third kappa shape index (κ3) is 2.19. The Bertz CT molecular complexity index is 565. The third-order valence-corrected chi connectivity index (χ3v) is 3.44. The molecule has 2 N–H and O–H groups in total. The Kier molecular flexibility index (Phi) is 2.85. The molecule has 2 aromatic heterocycles. The fraction of sp³-hybridized carbons (Fsp3) is 0.667. The van der Waals surface area contributed by atoms with Crippen molar-refractivity contribution in [3.63, 3.8) is 0 Å². The summed E-state index contributed by atoms with van der Waals surface area (Å²) >= 11 is 1.02. The van der Waals surface area contributed by atoms with Gasteiger partial charge in [-0.1, -0.05) is 32.1 Å². The Morgan fingerprint density at radius 2 is 1.83 bits per heavy atom. The number of fused-ring (bicyclic) bond motifs is 1. The summed E-state index contributed by atoms with van der Waals surface area (Å²) in [4.78, 5) is 0.0945. The van der Waals surface area contributed by atoms with Crippen molar-refractivity contribution in [1.29, 1.82) is 0 Å². The molecular formula is C9H12F3N5S. The number of halogens is 3. The second-order valence-electron chi connectivity index (χ2n) is 5.00. The summed E-state index contributed by atoms with van der Waals surface area (Å²) in [6.07, 6.45) is -4.57. The Morgan fingerprint density at radius 3 is 2.33 bits per heavy atom. The van der Waals surface area contributed by atoms with Crippen LogP contribution in [-0.2, 0) is 6.18 Å². The normalized spacial score (nSPS) is 15.3. The SMILES string of the molecule is CC(C)(C)C(N)c1nn2c(C(F)(F)F)nnc2s1. The molecule has 0 aliphatic carbocycles. The summed E-state index contributed by atoms with van der Waals surface area (Å²) in [7, 11) is 0. The molecule has 0 aromatic carbocycles.